The maximum Gasteiger partial charge on any atom is 0.279 e. The molecule has 0 bridgehead atoms. The maximum absolute atomic E-state index is 13.1. The molecule has 1 aromatic carbocycles. The fourth-order valence-corrected chi connectivity index (χ4v) is 2.88. The Balaban J connectivity index is 2.39. The first-order valence-corrected chi connectivity index (χ1v) is 7.00. The SMILES string of the molecule is NCc1cn[nH]c1S(=O)(=O)Nc1cc(F)ccc1Cl. The van der Waals surface area contributed by atoms with Crippen molar-refractivity contribution < 1.29 is 12.8 Å². The van der Waals surface area contributed by atoms with Gasteiger partial charge in [-0.1, -0.05) is 11.6 Å². The van der Waals surface area contributed by atoms with E-state index in [0.29, 0.717) is 5.56 Å². The van der Waals surface area contributed by atoms with Crippen molar-refractivity contribution in [3.8, 4) is 0 Å². The number of nitrogens with one attached hydrogen (secondary N) is 2. The van der Waals surface area contributed by atoms with Crippen LogP contribution in [0.2, 0.25) is 5.02 Å². The van der Waals surface area contributed by atoms with E-state index in [-0.39, 0.29) is 22.3 Å². The molecule has 19 heavy (non-hydrogen) atoms. The summed E-state index contributed by atoms with van der Waals surface area (Å²) in [6.45, 7) is 0.00360. The summed E-state index contributed by atoms with van der Waals surface area (Å²) in [6, 6.07) is 3.37. The number of rotatable bonds is 4. The lowest BCUT2D eigenvalue weighted by Crippen LogP contribution is -2.16. The summed E-state index contributed by atoms with van der Waals surface area (Å²) < 4.78 is 39.4. The van der Waals surface area contributed by atoms with E-state index >= 15 is 0 Å². The van der Waals surface area contributed by atoms with Crippen LogP contribution in [-0.4, -0.2) is 18.6 Å². The number of H-pyrrole nitrogens is 1. The number of sulfonamides is 1. The molecule has 0 aliphatic rings. The summed E-state index contributed by atoms with van der Waals surface area (Å²) in [6.07, 6.45) is 1.31. The molecule has 4 N–H and O–H groups in total. The van der Waals surface area contributed by atoms with Crippen molar-refractivity contribution in [1.82, 2.24) is 10.2 Å². The lowest BCUT2D eigenvalue weighted by atomic mass is 10.3. The van der Waals surface area contributed by atoms with E-state index in [2.05, 4.69) is 14.9 Å². The van der Waals surface area contributed by atoms with Crippen molar-refractivity contribution in [3.63, 3.8) is 0 Å². The Labute approximate surface area is 113 Å². The molecule has 0 saturated carbocycles. The minimum atomic E-state index is -3.95. The largest absolute Gasteiger partial charge is 0.326 e. The fraction of sp³-hybridized carbons (Fsp3) is 0.100. The van der Waals surface area contributed by atoms with Gasteiger partial charge < -0.3 is 5.73 Å². The van der Waals surface area contributed by atoms with E-state index in [4.69, 9.17) is 17.3 Å². The molecule has 1 aromatic heterocycles. The third-order valence-corrected chi connectivity index (χ3v) is 4.05. The van der Waals surface area contributed by atoms with E-state index in [0.717, 1.165) is 12.1 Å². The zero-order valence-electron chi connectivity index (χ0n) is 9.52. The number of anilines is 1. The normalized spacial score (nSPS) is 11.5. The zero-order valence-corrected chi connectivity index (χ0v) is 11.1. The van der Waals surface area contributed by atoms with Gasteiger partial charge in [0.05, 0.1) is 16.9 Å². The summed E-state index contributed by atoms with van der Waals surface area (Å²) in [5.41, 5.74) is 5.66. The second-order valence-corrected chi connectivity index (χ2v) is 5.68. The molecule has 0 radical (unpaired) electrons. The third kappa shape index (κ3) is 2.86. The van der Waals surface area contributed by atoms with Crippen LogP contribution in [0.25, 0.3) is 0 Å². The number of aromatic amines is 1. The number of halogens is 2. The molecule has 6 nitrogen and oxygen atoms in total. The molecular weight excluding hydrogens is 295 g/mol. The van der Waals surface area contributed by atoms with Crippen molar-refractivity contribution in [1.29, 1.82) is 0 Å². The first kappa shape index (κ1) is 13.8. The van der Waals surface area contributed by atoms with Gasteiger partial charge in [-0.25, -0.2) is 4.39 Å². The molecule has 0 amide bonds. The van der Waals surface area contributed by atoms with Crippen LogP contribution in [0.15, 0.2) is 29.4 Å². The number of nitrogens with two attached hydrogens (primary N) is 1. The lowest BCUT2D eigenvalue weighted by molar-refractivity contribution is 0.595. The Morgan fingerprint density at radius 2 is 2.21 bits per heavy atom. The van der Waals surface area contributed by atoms with Crippen molar-refractivity contribution in [2.24, 2.45) is 5.73 Å². The van der Waals surface area contributed by atoms with Gasteiger partial charge in [0.15, 0.2) is 5.03 Å². The van der Waals surface area contributed by atoms with Gasteiger partial charge in [0, 0.05) is 12.1 Å². The number of nitrogens with zero attached hydrogens (tertiary/aromatic N) is 1. The minimum Gasteiger partial charge on any atom is -0.326 e. The van der Waals surface area contributed by atoms with Gasteiger partial charge in [-0.3, -0.25) is 9.82 Å². The van der Waals surface area contributed by atoms with E-state index in [1.54, 1.807) is 0 Å². The highest BCUT2D eigenvalue weighted by Gasteiger charge is 2.21. The monoisotopic (exact) mass is 304 g/mol. The predicted octanol–water partition coefficient (Wildman–Crippen LogP) is 1.46. The van der Waals surface area contributed by atoms with Crippen LogP contribution in [0, 0.1) is 5.82 Å². The van der Waals surface area contributed by atoms with Crippen LogP contribution in [0.5, 0.6) is 0 Å². The second-order valence-electron chi connectivity index (χ2n) is 3.66. The summed E-state index contributed by atoms with van der Waals surface area (Å²) in [4.78, 5) is 0. The first-order chi connectivity index (χ1) is 8.94. The molecule has 0 fully saturated rings. The predicted molar refractivity (Wildman–Crippen MR) is 68.7 cm³/mol. The van der Waals surface area contributed by atoms with E-state index in [1.807, 2.05) is 0 Å². The average molecular weight is 305 g/mol. The van der Waals surface area contributed by atoms with Crippen LogP contribution < -0.4 is 10.5 Å². The highest BCUT2D eigenvalue weighted by Crippen LogP contribution is 2.25. The maximum atomic E-state index is 13.1. The van der Waals surface area contributed by atoms with Crippen LogP contribution >= 0.6 is 11.6 Å². The highest BCUT2D eigenvalue weighted by molar-refractivity contribution is 7.92. The summed E-state index contributed by atoms with van der Waals surface area (Å²) >= 11 is 5.79. The van der Waals surface area contributed by atoms with Gasteiger partial charge in [0.1, 0.15) is 5.82 Å². The topological polar surface area (TPSA) is 101 Å². The molecule has 9 heteroatoms. The molecule has 0 unspecified atom stereocenters. The van der Waals surface area contributed by atoms with Crippen molar-refractivity contribution in [2.75, 3.05) is 4.72 Å². The van der Waals surface area contributed by atoms with E-state index in [1.165, 1.54) is 12.3 Å². The van der Waals surface area contributed by atoms with Crippen LogP contribution in [0.4, 0.5) is 10.1 Å². The number of hydrogen-bond acceptors (Lipinski definition) is 4. The average Bonchev–Trinajstić information content (AvgIpc) is 2.82. The van der Waals surface area contributed by atoms with Crippen molar-refractivity contribution in [2.45, 2.75) is 11.6 Å². The molecule has 2 rings (SSSR count). The molecule has 0 atom stereocenters. The Hall–Kier alpha value is -1.64. The van der Waals surface area contributed by atoms with Gasteiger partial charge >= 0.3 is 0 Å². The molecule has 0 saturated heterocycles. The Bertz CT molecular complexity index is 701. The quantitative estimate of drug-likeness (QED) is 0.796. The highest BCUT2D eigenvalue weighted by atomic mass is 35.5. The van der Waals surface area contributed by atoms with Gasteiger partial charge in [0.25, 0.3) is 10.0 Å². The summed E-state index contributed by atoms with van der Waals surface area (Å²) in [5, 5.41) is 5.85. The van der Waals surface area contributed by atoms with Gasteiger partial charge in [0.2, 0.25) is 0 Å². The zero-order chi connectivity index (χ0) is 14.0. The van der Waals surface area contributed by atoms with Crippen LogP contribution in [-0.2, 0) is 16.6 Å². The molecular formula is C10H10ClFN4O2S. The van der Waals surface area contributed by atoms with Crippen molar-refractivity contribution in [3.05, 3.63) is 40.8 Å². The summed E-state index contributed by atoms with van der Waals surface area (Å²) in [7, 11) is -3.95. The van der Waals surface area contributed by atoms with Crippen LogP contribution in [0.3, 0.4) is 0 Å². The van der Waals surface area contributed by atoms with E-state index in [9.17, 15) is 12.8 Å². The van der Waals surface area contributed by atoms with Gasteiger partial charge in [-0.15, -0.1) is 0 Å². The van der Waals surface area contributed by atoms with Gasteiger partial charge in [-0.2, -0.15) is 13.5 Å². The minimum absolute atomic E-state index is 0.00360. The molecule has 102 valence electrons. The number of benzene rings is 1. The molecule has 0 aliphatic carbocycles. The number of hydrogen-bond donors (Lipinski definition) is 3. The first-order valence-electron chi connectivity index (χ1n) is 5.14. The smallest absolute Gasteiger partial charge is 0.279 e. The Morgan fingerprint density at radius 3 is 2.89 bits per heavy atom. The van der Waals surface area contributed by atoms with E-state index < -0.39 is 15.8 Å². The van der Waals surface area contributed by atoms with Gasteiger partial charge in [-0.05, 0) is 18.2 Å². The number of aromatic nitrogens is 2. The van der Waals surface area contributed by atoms with Crippen LogP contribution in [0.1, 0.15) is 5.56 Å². The fourth-order valence-electron chi connectivity index (χ4n) is 1.45. The standard InChI is InChI=1S/C10H10ClFN4O2S/c11-8-2-1-7(12)3-9(8)16-19(17,18)10-6(4-13)5-14-15-10/h1-3,5,16H,4,13H2,(H,14,15). The Kier molecular flexibility index (Phi) is 3.74. The Morgan fingerprint density at radius 1 is 1.47 bits per heavy atom. The molecule has 1 heterocycles. The summed E-state index contributed by atoms with van der Waals surface area (Å²) in [5.74, 6) is -0.606. The third-order valence-electron chi connectivity index (χ3n) is 2.34. The van der Waals surface area contributed by atoms with Crippen molar-refractivity contribution >= 4 is 27.3 Å². The lowest BCUT2D eigenvalue weighted by Gasteiger charge is -2.09. The molecule has 2 aromatic rings. The molecule has 0 aliphatic heterocycles. The second kappa shape index (κ2) is 5.16. The molecule has 0 spiro atoms.